The smallest absolute Gasteiger partial charge is 0.220 e. The molecule has 4 heteroatoms. The van der Waals surface area contributed by atoms with Crippen molar-refractivity contribution in [1.29, 1.82) is 0 Å². The summed E-state index contributed by atoms with van der Waals surface area (Å²) in [4.78, 5) is 15.6. The molecule has 0 saturated heterocycles. The number of rotatable bonds is 7. The number of aromatic amines is 1. The summed E-state index contributed by atoms with van der Waals surface area (Å²) in [6.07, 6.45) is 5.17. The Bertz CT molecular complexity index is 838. The Kier molecular flexibility index (Phi) is 5.77. The normalized spacial score (nSPS) is 12.2. The molecule has 0 saturated carbocycles. The number of hydrogen-bond donors (Lipinski definition) is 2. The van der Waals surface area contributed by atoms with Crippen LogP contribution in [0.3, 0.4) is 0 Å². The van der Waals surface area contributed by atoms with Crippen LogP contribution >= 0.6 is 11.6 Å². The molecule has 0 radical (unpaired) electrons. The van der Waals surface area contributed by atoms with E-state index >= 15 is 0 Å². The van der Waals surface area contributed by atoms with Crippen molar-refractivity contribution >= 4 is 28.4 Å². The van der Waals surface area contributed by atoms with Gasteiger partial charge in [-0.3, -0.25) is 4.79 Å². The van der Waals surface area contributed by atoms with Gasteiger partial charge in [0.1, 0.15) is 0 Å². The van der Waals surface area contributed by atoms with Crippen LogP contribution in [0.5, 0.6) is 0 Å². The maximum absolute atomic E-state index is 12.3. The van der Waals surface area contributed by atoms with Gasteiger partial charge >= 0.3 is 0 Å². The minimum Gasteiger partial charge on any atom is -0.361 e. The van der Waals surface area contributed by atoms with E-state index in [2.05, 4.69) is 29.4 Å². The van der Waals surface area contributed by atoms with Gasteiger partial charge in [-0.05, 0) is 48.6 Å². The zero-order valence-electron chi connectivity index (χ0n) is 14.4. The summed E-state index contributed by atoms with van der Waals surface area (Å²) in [6.45, 7) is 2.07. The average Bonchev–Trinajstić information content (AvgIpc) is 3.04. The van der Waals surface area contributed by atoms with Gasteiger partial charge in [0.05, 0.1) is 6.04 Å². The van der Waals surface area contributed by atoms with Crippen molar-refractivity contribution in [1.82, 2.24) is 10.3 Å². The van der Waals surface area contributed by atoms with E-state index in [4.69, 9.17) is 11.6 Å². The molecule has 1 heterocycles. The highest BCUT2D eigenvalue weighted by Crippen LogP contribution is 2.21. The molecular formula is C21H23ClN2O. The summed E-state index contributed by atoms with van der Waals surface area (Å²) in [6, 6.07) is 16.0. The Balaban J connectivity index is 1.52. The van der Waals surface area contributed by atoms with Crippen LogP contribution in [0, 0.1) is 0 Å². The summed E-state index contributed by atoms with van der Waals surface area (Å²) in [7, 11) is 0. The summed E-state index contributed by atoms with van der Waals surface area (Å²) in [5.74, 6) is 0.0987. The number of halogens is 1. The van der Waals surface area contributed by atoms with Gasteiger partial charge in [0, 0.05) is 28.5 Å². The second-order valence-corrected chi connectivity index (χ2v) is 6.73. The standard InChI is InChI=1S/C21H23ClN2O/c1-2-19(15-10-12-17(22)13-11-15)24-21(25)9-5-6-16-14-23-20-8-4-3-7-18(16)20/h3-4,7-8,10-14,19,23H,2,5-6,9H2,1H3,(H,24,25). The Morgan fingerprint density at radius 1 is 1.16 bits per heavy atom. The van der Waals surface area contributed by atoms with Crippen molar-refractivity contribution in [2.75, 3.05) is 0 Å². The molecular weight excluding hydrogens is 332 g/mol. The van der Waals surface area contributed by atoms with Crippen molar-refractivity contribution < 1.29 is 4.79 Å². The molecule has 0 aliphatic heterocycles. The third-order valence-corrected chi connectivity index (χ3v) is 4.79. The molecule has 0 aliphatic carbocycles. The molecule has 0 bridgehead atoms. The van der Waals surface area contributed by atoms with Gasteiger partial charge in [-0.1, -0.05) is 48.9 Å². The number of H-pyrrole nitrogens is 1. The van der Waals surface area contributed by atoms with Gasteiger partial charge in [-0.2, -0.15) is 0 Å². The minimum atomic E-state index is 0.0397. The van der Waals surface area contributed by atoms with Gasteiger partial charge in [0.2, 0.25) is 5.91 Å². The molecule has 1 unspecified atom stereocenters. The van der Waals surface area contributed by atoms with E-state index in [-0.39, 0.29) is 11.9 Å². The van der Waals surface area contributed by atoms with Crippen LogP contribution in [0.15, 0.2) is 54.7 Å². The van der Waals surface area contributed by atoms with Gasteiger partial charge in [-0.15, -0.1) is 0 Å². The molecule has 3 rings (SSSR count). The Morgan fingerprint density at radius 2 is 1.92 bits per heavy atom. The van der Waals surface area contributed by atoms with Crippen molar-refractivity contribution in [2.45, 2.75) is 38.6 Å². The topological polar surface area (TPSA) is 44.9 Å². The number of para-hydroxylation sites is 1. The molecule has 0 aliphatic rings. The quantitative estimate of drug-likeness (QED) is 0.585. The summed E-state index contributed by atoms with van der Waals surface area (Å²) in [5, 5.41) is 5.09. The highest BCUT2D eigenvalue weighted by atomic mass is 35.5. The molecule has 1 aromatic heterocycles. The predicted octanol–water partition coefficient (Wildman–Crippen LogP) is 5.41. The highest BCUT2D eigenvalue weighted by molar-refractivity contribution is 6.30. The molecule has 3 nitrogen and oxygen atoms in total. The number of aryl methyl sites for hydroxylation is 1. The molecule has 2 N–H and O–H groups in total. The zero-order chi connectivity index (χ0) is 17.6. The van der Waals surface area contributed by atoms with E-state index in [1.807, 2.05) is 42.6 Å². The van der Waals surface area contributed by atoms with E-state index < -0.39 is 0 Å². The lowest BCUT2D eigenvalue weighted by Gasteiger charge is -2.17. The third kappa shape index (κ3) is 4.43. The fourth-order valence-corrected chi connectivity index (χ4v) is 3.29. The van der Waals surface area contributed by atoms with E-state index in [0.29, 0.717) is 11.4 Å². The van der Waals surface area contributed by atoms with Crippen LogP contribution in [-0.2, 0) is 11.2 Å². The second kappa shape index (κ2) is 8.21. The predicted molar refractivity (Wildman–Crippen MR) is 104 cm³/mol. The first kappa shape index (κ1) is 17.6. The van der Waals surface area contributed by atoms with Crippen LogP contribution in [-0.4, -0.2) is 10.9 Å². The maximum atomic E-state index is 12.3. The third-order valence-electron chi connectivity index (χ3n) is 4.54. The molecule has 2 aromatic carbocycles. The maximum Gasteiger partial charge on any atom is 0.220 e. The number of carbonyl (C=O) groups is 1. The first-order chi connectivity index (χ1) is 12.2. The monoisotopic (exact) mass is 354 g/mol. The Labute approximate surface area is 153 Å². The number of amides is 1. The van der Waals surface area contributed by atoms with Crippen molar-refractivity contribution in [3.63, 3.8) is 0 Å². The molecule has 130 valence electrons. The number of aromatic nitrogens is 1. The number of benzene rings is 2. The van der Waals surface area contributed by atoms with Gasteiger partial charge in [0.25, 0.3) is 0 Å². The first-order valence-corrected chi connectivity index (χ1v) is 9.15. The molecule has 1 amide bonds. The number of fused-ring (bicyclic) bond motifs is 1. The van der Waals surface area contributed by atoms with E-state index in [0.717, 1.165) is 30.3 Å². The molecule has 1 atom stereocenters. The minimum absolute atomic E-state index is 0.0397. The van der Waals surface area contributed by atoms with Crippen LogP contribution in [0.2, 0.25) is 5.02 Å². The van der Waals surface area contributed by atoms with Crippen LogP contribution in [0.4, 0.5) is 0 Å². The fraction of sp³-hybridized carbons (Fsp3) is 0.286. The van der Waals surface area contributed by atoms with Gasteiger partial charge in [-0.25, -0.2) is 0 Å². The van der Waals surface area contributed by atoms with Gasteiger partial charge in [0.15, 0.2) is 0 Å². The second-order valence-electron chi connectivity index (χ2n) is 6.29. The first-order valence-electron chi connectivity index (χ1n) is 8.77. The van der Waals surface area contributed by atoms with E-state index in [1.165, 1.54) is 10.9 Å². The SMILES string of the molecule is CCC(NC(=O)CCCc1c[nH]c2ccccc12)c1ccc(Cl)cc1. The summed E-state index contributed by atoms with van der Waals surface area (Å²) >= 11 is 5.93. The lowest BCUT2D eigenvalue weighted by atomic mass is 10.0. The fourth-order valence-electron chi connectivity index (χ4n) is 3.16. The zero-order valence-corrected chi connectivity index (χ0v) is 15.1. The Hall–Kier alpha value is -2.26. The lowest BCUT2D eigenvalue weighted by Crippen LogP contribution is -2.27. The van der Waals surface area contributed by atoms with Crippen molar-refractivity contribution in [3.05, 3.63) is 70.9 Å². The largest absolute Gasteiger partial charge is 0.361 e. The van der Waals surface area contributed by atoms with Crippen molar-refractivity contribution in [3.8, 4) is 0 Å². The molecule has 0 spiro atoms. The van der Waals surface area contributed by atoms with Crippen molar-refractivity contribution in [2.24, 2.45) is 0 Å². The summed E-state index contributed by atoms with van der Waals surface area (Å²) < 4.78 is 0. The number of carbonyl (C=O) groups excluding carboxylic acids is 1. The van der Waals surface area contributed by atoms with Crippen LogP contribution < -0.4 is 5.32 Å². The number of hydrogen-bond acceptors (Lipinski definition) is 1. The molecule has 25 heavy (non-hydrogen) atoms. The molecule has 3 aromatic rings. The van der Waals surface area contributed by atoms with E-state index in [1.54, 1.807) is 0 Å². The highest BCUT2D eigenvalue weighted by Gasteiger charge is 2.13. The number of nitrogens with one attached hydrogen (secondary N) is 2. The van der Waals surface area contributed by atoms with Crippen LogP contribution in [0.25, 0.3) is 10.9 Å². The molecule has 0 fully saturated rings. The Morgan fingerprint density at radius 3 is 2.68 bits per heavy atom. The lowest BCUT2D eigenvalue weighted by molar-refractivity contribution is -0.122. The van der Waals surface area contributed by atoms with E-state index in [9.17, 15) is 4.79 Å². The summed E-state index contributed by atoms with van der Waals surface area (Å²) in [5.41, 5.74) is 3.51. The average molecular weight is 355 g/mol. The van der Waals surface area contributed by atoms with Gasteiger partial charge < -0.3 is 10.3 Å². The van der Waals surface area contributed by atoms with Crippen LogP contribution in [0.1, 0.15) is 43.4 Å².